The van der Waals surface area contributed by atoms with Gasteiger partial charge in [-0.1, -0.05) is 0 Å². The molecule has 2 aliphatic rings. The quantitative estimate of drug-likeness (QED) is 0.437. The molecule has 2 aliphatic carbocycles. The molecule has 0 aliphatic heterocycles. The summed E-state index contributed by atoms with van der Waals surface area (Å²) >= 11 is -3.27. The Balaban J connectivity index is 1.77. The van der Waals surface area contributed by atoms with Gasteiger partial charge in [0.05, 0.1) is 0 Å². The van der Waals surface area contributed by atoms with E-state index in [-0.39, 0.29) is 0 Å². The monoisotopic (exact) mass is 372 g/mol. The van der Waals surface area contributed by atoms with Crippen LogP contribution in [0.5, 0.6) is 0 Å². The molecule has 1 heteroatoms. The zero-order chi connectivity index (χ0) is 18.0. The van der Waals surface area contributed by atoms with Gasteiger partial charge in [0.1, 0.15) is 0 Å². The van der Waals surface area contributed by atoms with Crippen molar-refractivity contribution in [3.8, 4) is 11.1 Å². The Bertz CT molecular complexity index is 1080. The van der Waals surface area contributed by atoms with Crippen molar-refractivity contribution >= 4 is 10.9 Å². The summed E-state index contributed by atoms with van der Waals surface area (Å²) in [6.45, 7) is 0. The second-order valence-electron chi connectivity index (χ2n) is 9.01. The topological polar surface area (TPSA) is 0 Å². The minimum absolute atomic E-state index is 0.445. The third-order valence-electron chi connectivity index (χ3n) is 6.60. The van der Waals surface area contributed by atoms with Crippen LogP contribution in [0.25, 0.3) is 17.2 Å². The molecule has 3 aromatic carbocycles. The average Bonchev–Trinajstić information content (AvgIpc) is 3.22. The number of rotatable bonds is 2. The summed E-state index contributed by atoms with van der Waals surface area (Å²) in [7, 11) is 0. The SMILES string of the molecule is [CH2]=[Ti]([CH3])([CH3])([CH]1C=Cc2ccccc21)[CH]1c2ccccc2-c2ccccc21. The third kappa shape index (κ3) is 2.09. The summed E-state index contributed by atoms with van der Waals surface area (Å²) in [4.78, 5) is 5.10. The number of hydrogen-bond donors (Lipinski definition) is 0. The van der Waals surface area contributed by atoms with Gasteiger partial charge in [-0.25, -0.2) is 0 Å². The summed E-state index contributed by atoms with van der Waals surface area (Å²) in [5.41, 5.74) is 8.65. The molecule has 26 heavy (non-hydrogen) atoms. The molecule has 0 nitrogen and oxygen atoms in total. The Hall–Kier alpha value is -2.02. The van der Waals surface area contributed by atoms with Crippen molar-refractivity contribution in [1.82, 2.24) is 0 Å². The molecule has 3 aromatic rings. The Kier molecular flexibility index (Phi) is 3.27. The van der Waals surface area contributed by atoms with Crippen molar-refractivity contribution < 1.29 is 14.8 Å². The number of allylic oxidation sites excluding steroid dienone is 1. The third-order valence-corrected chi connectivity index (χ3v) is 14.5. The van der Waals surface area contributed by atoms with E-state index in [0.717, 1.165) is 0 Å². The van der Waals surface area contributed by atoms with Gasteiger partial charge in [0.15, 0.2) is 0 Å². The van der Waals surface area contributed by atoms with Crippen LogP contribution >= 0.6 is 0 Å². The molecule has 0 aromatic heterocycles. The Morgan fingerprint density at radius 2 is 1.19 bits per heavy atom. The number of hydrogen-bond acceptors (Lipinski definition) is 0. The molecule has 0 radical (unpaired) electrons. The standard InChI is InChI=1S/C13H9.C9H7.2CH3.CH2.Ti/c1-3-7-12-10(5-1)9-11-6-2-4-8-13(11)12;1-2-5-9-7-3-6-8(9)4-1;;;;/h1-9H;1-7H;2*1H3;1H2;. The van der Waals surface area contributed by atoms with E-state index in [1.807, 2.05) is 0 Å². The van der Waals surface area contributed by atoms with Crippen molar-refractivity contribution in [2.45, 2.75) is 18.9 Å². The molecule has 0 heterocycles. The molecule has 0 bridgehead atoms. The molecular weight excluding hydrogens is 348 g/mol. The van der Waals surface area contributed by atoms with Crippen LogP contribution in [0.15, 0.2) is 78.9 Å². The Labute approximate surface area is 156 Å². The van der Waals surface area contributed by atoms with Crippen LogP contribution in [-0.2, 0) is 14.8 Å². The summed E-state index contributed by atoms with van der Waals surface area (Å²) in [5.74, 6) is 0. The van der Waals surface area contributed by atoms with Crippen LogP contribution in [0, 0.1) is 0 Å². The van der Waals surface area contributed by atoms with Crippen LogP contribution in [0.3, 0.4) is 0 Å². The zero-order valence-corrected chi connectivity index (χ0v) is 17.0. The molecular formula is C25H24Ti. The van der Waals surface area contributed by atoms with Crippen LogP contribution in [0.1, 0.15) is 30.7 Å². The second-order valence-corrected chi connectivity index (χ2v) is 20.1. The van der Waals surface area contributed by atoms with Crippen LogP contribution in [-0.4, -0.2) is 4.82 Å². The fourth-order valence-electron chi connectivity index (χ4n) is 5.43. The van der Waals surface area contributed by atoms with Crippen molar-refractivity contribution in [3.05, 3.63) is 101 Å². The van der Waals surface area contributed by atoms with E-state index < -0.39 is 14.8 Å². The zero-order valence-electron chi connectivity index (χ0n) is 15.4. The van der Waals surface area contributed by atoms with Gasteiger partial charge in [-0.3, -0.25) is 0 Å². The molecule has 0 saturated carbocycles. The fraction of sp³-hybridized carbons (Fsp3) is 0.160. The maximum absolute atomic E-state index is 5.10. The van der Waals surface area contributed by atoms with Crippen LogP contribution in [0.2, 0.25) is 10.5 Å². The number of benzene rings is 3. The van der Waals surface area contributed by atoms with Gasteiger partial charge in [-0.2, -0.15) is 0 Å². The van der Waals surface area contributed by atoms with E-state index in [1.165, 1.54) is 33.4 Å². The molecule has 0 saturated heterocycles. The van der Waals surface area contributed by atoms with Gasteiger partial charge in [0.25, 0.3) is 0 Å². The van der Waals surface area contributed by atoms with E-state index in [2.05, 4.69) is 95.4 Å². The molecule has 0 fully saturated rings. The van der Waals surface area contributed by atoms with Crippen molar-refractivity contribution in [2.75, 3.05) is 0 Å². The van der Waals surface area contributed by atoms with Crippen LogP contribution < -0.4 is 0 Å². The Morgan fingerprint density at radius 1 is 0.692 bits per heavy atom. The van der Waals surface area contributed by atoms with Crippen molar-refractivity contribution in [1.29, 1.82) is 0 Å². The van der Waals surface area contributed by atoms with Crippen molar-refractivity contribution in [2.24, 2.45) is 0 Å². The molecule has 128 valence electrons. The van der Waals surface area contributed by atoms with Crippen molar-refractivity contribution in [3.63, 3.8) is 0 Å². The minimum atomic E-state index is -3.27. The second kappa shape index (κ2) is 5.25. The first-order valence-corrected chi connectivity index (χ1v) is 15.5. The molecule has 1 atom stereocenters. The summed E-state index contributed by atoms with van der Waals surface area (Å²) in [5, 5.41) is 5.08. The first kappa shape index (κ1) is 16.2. The van der Waals surface area contributed by atoms with Gasteiger partial charge in [-0.05, 0) is 0 Å². The predicted molar refractivity (Wildman–Crippen MR) is 111 cm³/mol. The fourth-order valence-corrected chi connectivity index (χ4v) is 13.1. The van der Waals surface area contributed by atoms with E-state index in [1.54, 1.807) is 0 Å². The molecule has 5 rings (SSSR count). The van der Waals surface area contributed by atoms with Gasteiger partial charge >= 0.3 is 157 Å². The molecule has 0 spiro atoms. The van der Waals surface area contributed by atoms with Gasteiger partial charge in [0, 0.05) is 0 Å². The summed E-state index contributed by atoms with van der Waals surface area (Å²) < 4.78 is 0.910. The maximum atomic E-state index is 5.10. The predicted octanol–water partition coefficient (Wildman–Crippen LogP) is 6.74. The van der Waals surface area contributed by atoms with E-state index >= 15 is 0 Å². The first-order chi connectivity index (χ1) is 12.5. The van der Waals surface area contributed by atoms with Gasteiger partial charge in [0.2, 0.25) is 0 Å². The normalized spacial score (nSPS) is 18.5. The first-order valence-electron chi connectivity index (χ1n) is 9.48. The number of fused-ring (bicyclic) bond motifs is 4. The van der Waals surface area contributed by atoms with Gasteiger partial charge in [-0.15, -0.1) is 0 Å². The van der Waals surface area contributed by atoms with Gasteiger partial charge < -0.3 is 0 Å². The molecule has 1 unspecified atom stereocenters. The summed E-state index contributed by atoms with van der Waals surface area (Å²) in [6, 6.07) is 26.8. The van der Waals surface area contributed by atoms with Crippen LogP contribution in [0.4, 0.5) is 0 Å². The average molecular weight is 372 g/mol. The van der Waals surface area contributed by atoms with E-state index in [4.69, 9.17) is 4.82 Å². The molecule has 0 amide bonds. The Morgan fingerprint density at radius 3 is 1.81 bits per heavy atom. The van der Waals surface area contributed by atoms with E-state index in [0.29, 0.717) is 8.45 Å². The van der Waals surface area contributed by atoms with E-state index in [9.17, 15) is 0 Å². The molecule has 0 N–H and O–H groups in total. The summed E-state index contributed by atoms with van der Waals surface area (Å²) in [6.07, 6.45) is 4.76.